The minimum atomic E-state index is -3.43. The summed E-state index contributed by atoms with van der Waals surface area (Å²) in [4.78, 5) is 65.5. The molecular formula is C19H30N4O8. The van der Waals surface area contributed by atoms with Gasteiger partial charge in [0.2, 0.25) is 11.8 Å². The van der Waals surface area contributed by atoms with E-state index in [1.807, 2.05) is 0 Å². The van der Waals surface area contributed by atoms with Gasteiger partial charge < -0.3 is 30.9 Å². The van der Waals surface area contributed by atoms with E-state index in [2.05, 4.69) is 0 Å². The highest BCUT2D eigenvalue weighted by Gasteiger charge is 2.51. The van der Waals surface area contributed by atoms with Crippen LogP contribution in [0.1, 0.15) is 46.5 Å². The number of amides is 4. The Morgan fingerprint density at radius 2 is 1.42 bits per heavy atom. The van der Waals surface area contributed by atoms with E-state index >= 15 is 0 Å². The summed E-state index contributed by atoms with van der Waals surface area (Å²) in [5.41, 5.74) is 5.65. The number of carboxylic acid groups (broad SMARTS) is 1. The molecule has 4 atom stereocenters. The number of hydrogen-bond acceptors (Lipinski definition) is 8. The van der Waals surface area contributed by atoms with Crippen molar-refractivity contribution in [2.75, 3.05) is 13.1 Å². The SMILES string of the molecule is CC(=O)N1CCC[C@H]1C(=O)N(C(=O)[C@@H]1CCCN1C(=O)[C@H](C)N)C(C)C(O)(O)C(=O)O. The number of carbonyl (C=O) groups is 5. The number of nitrogens with zero attached hydrogens (tertiary/aromatic N) is 3. The Bertz CT molecular complexity index is 768. The molecule has 0 saturated carbocycles. The Morgan fingerprint density at radius 1 is 0.968 bits per heavy atom. The largest absolute Gasteiger partial charge is 0.477 e. The average Bonchev–Trinajstić information content (AvgIpc) is 3.36. The highest BCUT2D eigenvalue weighted by molar-refractivity contribution is 6.03. The summed E-state index contributed by atoms with van der Waals surface area (Å²) >= 11 is 0. The Morgan fingerprint density at radius 3 is 1.84 bits per heavy atom. The van der Waals surface area contributed by atoms with E-state index < -0.39 is 59.6 Å². The molecule has 2 aliphatic heterocycles. The van der Waals surface area contributed by atoms with E-state index in [0.29, 0.717) is 17.7 Å². The van der Waals surface area contributed by atoms with Crippen molar-refractivity contribution in [3.05, 3.63) is 0 Å². The summed E-state index contributed by atoms with van der Waals surface area (Å²) < 4.78 is 0. The Labute approximate surface area is 179 Å². The first kappa shape index (κ1) is 24.7. The lowest BCUT2D eigenvalue weighted by atomic mass is 10.0. The van der Waals surface area contributed by atoms with Crippen molar-refractivity contribution >= 4 is 29.6 Å². The third kappa shape index (κ3) is 4.70. The maximum Gasteiger partial charge on any atom is 0.366 e. The highest BCUT2D eigenvalue weighted by Crippen LogP contribution is 2.27. The minimum Gasteiger partial charge on any atom is -0.477 e. The van der Waals surface area contributed by atoms with E-state index in [9.17, 15) is 39.3 Å². The predicted molar refractivity (Wildman–Crippen MR) is 105 cm³/mol. The fourth-order valence-electron chi connectivity index (χ4n) is 4.12. The summed E-state index contributed by atoms with van der Waals surface area (Å²) in [6.07, 6.45) is 1.38. The molecule has 2 fully saturated rings. The van der Waals surface area contributed by atoms with Gasteiger partial charge in [0.05, 0.1) is 6.04 Å². The van der Waals surface area contributed by atoms with Crippen LogP contribution >= 0.6 is 0 Å². The number of nitrogens with two attached hydrogens (primary N) is 1. The summed E-state index contributed by atoms with van der Waals surface area (Å²) in [5, 5.41) is 29.4. The van der Waals surface area contributed by atoms with Crippen molar-refractivity contribution in [1.29, 1.82) is 0 Å². The predicted octanol–water partition coefficient (Wildman–Crippen LogP) is -2.16. The van der Waals surface area contributed by atoms with E-state index in [1.54, 1.807) is 0 Å². The summed E-state index contributed by atoms with van der Waals surface area (Å²) in [6.45, 7) is 4.24. The van der Waals surface area contributed by atoms with E-state index in [0.717, 1.165) is 6.92 Å². The lowest BCUT2D eigenvalue weighted by Gasteiger charge is -2.39. The van der Waals surface area contributed by atoms with Crippen LogP contribution in [-0.2, 0) is 24.0 Å². The van der Waals surface area contributed by atoms with Crippen LogP contribution in [0.25, 0.3) is 0 Å². The molecule has 1 unspecified atom stereocenters. The zero-order valence-electron chi connectivity index (χ0n) is 17.9. The number of hydrogen-bond donors (Lipinski definition) is 4. The van der Waals surface area contributed by atoms with Gasteiger partial charge in [0, 0.05) is 20.0 Å². The normalized spacial score (nSPS) is 23.4. The molecule has 0 spiro atoms. The molecule has 2 rings (SSSR count). The van der Waals surface area contributed by atoms with Gasteiger partial charge in [-0.25, -0.2) is 4.79 Å². The van der Waals surface area contributed by atoms with E-state index in [-0.39, 0.29) is 25.9 Å². The van der Waals surface area contributed by atoms with E-state index in [1.165, 1.54) is 23.6 Å². The number of aliphatic hydroxyl groups is 2. The molecule has 5 N–H and O–H groups in total. The van der Waals surface area contributed by atoms with Gasteiger partial charge in [-0.2, -0.15) is 0 Å². The fourth-order valence-corrected chi connectivity index (χ4v) is 4.12. The second-order valence-electron chi connectivity index (χ2n) is 8.10. The second kappa shape index (κ2) is 9.28. The van der Waals surface area contributed by atoms with Gasteiger partial charge in [0.1, 0.15) is 18.1 Å². The molecule has 0 aromatic carbocycles. The van der Waals surface area contributed by atoms with Gasteiger partial charge in [-0.05, 0) is 39.5 Å². The molecule has 2 heterocycles. The van der Waals surface area contributed by atoms with Crippen LogP contribution in [0.15, 0.2) is 0 Å². The number of carboxylic acids is 1. The molecule has 12 heteroatoms. The number of carbonyl (C=O) groups excluding carboxylic acids is 4. The second-order valence-corrected chi connectivity index (χ2v) is 8.10. The van der Waals surface area contributed by atoms with Gasteiger partial charge in [-0.1, -0.05) is 0 Å². The van der Waals surface area contributed by atoms with Crippen molar-refractivity contribution in [3.8, 4) is 0 Å². The van der Waals surface area contributed by atoms with Crippen LogP contribution in [-0.4, -0.2) is 103 Å². The van der Waals surface area contributed by atoms with Crippen LogP contribution in [0, 0.1) is 0 Å². The van der Waals surface area contributed by atoms with Crippen LogP contribution in [0.3, 0.4) is 0 Å². The molecule has 2 saturated heterocycles. The van der Waals surface area contributed by atoms with Crippen molar-refractivity contribution in [2.45, 2.75) is 76.4 Å². The molecule has 0 aliphatic carbocycles. The number of likely N-dealkylation sites (tertiary alicyclic amines) is 2. The number of rotatable bonds is 6. The lowest BCUT2D eigenvalue weighted by molar-refractivity contribution is -0.224. The number of aliphatic carboxylic acids is 1. The molecular weight excluding hydrogens is 412 g/mol. The smallest absolute Gasteiger partial charge is 0.366 e. The van der Waals surface area contributed by atoms with E-state index in [4.69, 9.17) is 5.73 Å². The van der Waals surface area contributed by atoms with Gasteiger partial charge in [0.25, 0.3) is 17.6 Å². The Hall–Kier alpha value is -2.57. The zero-order chi connectivity index (χ0) is 23.7. The highest BCUT2D eigenvalue weighted by atomic mass is 16.5. The van der Waals surface area contributed by atoms with Crippen molar-refractivity contribution in [1.82, 2.24) is 14.7 Å². The Kier molecular flexibility index (Phi) is 7.40. The summed E-state index contributed by atoms with van der Waals surface area (Å²) in [6, 6.07) is -4.94. The molecule has 31 heavy (non-hydrogen) atoms. The minimum absolute atomic E-state index is 0.200. The molecule has 4 amide bonds. The van der Waals surface area contributed by atoms with Gasteiger partial charge in [-0.15, -0.1) is 0 Å². The topological polar surface area (TPSA) is 182 Å². The van der Waals surface area contributed by atoms with Crippen LogP contribution in [0.4, 0.5) is 0 Å². The molecule has 174 valence electrons. The fraction of sp³-hybridized carbons (Fsp3) is 0.737. The first-order valence-electron chi connectivity index (χ1n) is 10.2. The monoisotopic (exact) mass is 442 g/mol. The van der Waals surface area contributed by atoms with Crippen molar-refractivity contribution < 1.29 is 39.3 Å². The molecule has 0 radical (unpaired) electrons. The van der Waals surface area contributed by atoms with Gasteiger partial charge in [0.15, 0.2) is 0 Å². The standard InChI is InChI=1S/C19H30N4O8/c1-10(20)15(25)22-9-5-7-14(22)17(27)23(11(2)19(30,31)18(28)29)16(26)13-6-4-8-21(13)12(3)24/h10-11,13-14,30-31H,4-9,20H2,1-3H3,(H,28,29)/t10-,11?,13-,14-/m0/s1. The summed E-state index contributed by atoms with van der Waals surface area (Å²) in [5.74, 6) is -8.25. The van der Waals surface area contributed by atoms with Crippen LogP contribution < -0.4 is 5.73 Å². The maximum atomic E-state index is 13.4. The third-order valence-corrected chi connectivity index (χ3v) is 5.91. The number of imide groups is 1. The molecule has 0 aromatic rings. The Balaban J connectivity index is 2.45. The van der Waals surface area contributed by atoms with Crippen LogP contribution in [0.5, 0.6) is 0 Å². The lowest BCUT2D eigenvalue weighted by Crippen LogP contribution is -2.65. The quantitative estimate of drug-likeness (QED) is 0.263. The van der Waals surface area contributed by atoms with Crippen molar-refractivity contribution in [3.63, 3.8) is 0 Å². The molecule has 2 aliphatic rings. The first-order chi connectivity index (χ1) is 14.3. The third-order valence-electron chi connectivity index (χ3n) is 5.91. The molecule has 12 nitrogen and oxygen atoms in total. The van der Waals surface area contributed by atoms with Crippen molar-refractivity contribution in [2.24, 2.45) is 5.73 Å². The molecule has 0 bridgehead atoms. The average molecular weight is 442 g/mol. The maximum absolute atomic E-state index is 13.4. The zero-order valence-corrected chi connectivity index (χ0v) is 17.9. The molecule has 0 aromatic heterocycles. The van der Waals surface area contributed by atoms with Gasteiger partial charge >= 0.3 is 5.97 Å². The van der Waals surface area contributed by atoms with Crippen LogP contribution in [0.2, 0.25) is 0 Å². The van der Waals surface area contributed by atoms with Gasteiger partial charge in [-0.3, -0.25) is 24.1 Å². The summed E-state index contributed by atoms with van der Waals surface area (Å²) in [7, 11) is 0. The first-order valence-corrected chi connectivity index (χ1v) is 10.2.